The fraction of sp³-hybridized carbons (Fsp3) is 0.217. The summed E-state index contributed by atoms with van der Waals surface area (Å²) < 4.78 is 0. The smallest absolute Gasteiger partial charge is 0.260 e. The maximum atomic E-state index is 12.9. The maximum Gasteiger partial charge on any atom is 0.260 e. The van der Waals surface area contributed by atoms with Crippen molar-refractivity contribution in [2.45, 2.75) is 0 Å². The number of piperazine rings is 1. The lowest BCUT2D eigenvalue weighted by atomic mass is 10.1. The van der Waals surface area contributed by atoms with Gasteiger partial charge in [-0.05, 0) is 25.2 Å². The van der Waals surface area contributed by atoms with Gasteiger partial charge in [0.15, 0.2) is 0 Å². The first-order chi connectivity index (χ1) is 16.5. The topological polar surface area (TPSA) is 130 Å². The Hall–Kier alpha value is -3.96. The summed E-state index contributed by atoms with van der Waals surface area (Å²) in [5.74, 6) is 0.163. The number of nitrogens with two attached hydrogens (primary N) is 1. The van der Waals surface area contributed by atoms with Crippen LogP contribution < -0.4 is 16.0 Å². The summed E-state index contributed by atoms with van der Waals surface area (Å²) in [7, 11) is 2.09. The quantitative estimate of drug-likeness (QED) is 0.450. The van der Waals surface area contributed by atoms with Gasteiger partial charge in [0.25, 0.3) is 11.8 Å². The van der Waals surface area contributed by atoms with Gasteiger partial charge in [-0.3, -0.25) is 14.9 Å². The lowest BCUT2D eigenvalue weighted by Gasteiger charge is -2.33. The lowest BCUT2D eigenvalue weighted by molar-refractivity contribution is 0.100. The number of hydrogen-bond acceptors (Lipinski definition) is 9. The number of thiazole rings is 1. The summed E-state index contributed by atoms with van der Waals surface area (Å²) in [5, 5.41) is 4.25. The normalized spacial score (nSPS) is 14.3. The Morgan fingerprint density at radius 1 is 1.03 bits per heavy atom. The first kappa shape index (κ1) is 21.9. The molecule has 2 amide bonds. The van der Waals surface area contributed by atoms with E-state index in [1.807, 2.05) is 18.2 Å². The second-order valence-corrected chi connectivity index (χ2v) is 9.04. The van der Waals surface area contributed by atoms with Crippen molar-refractivity contribution in [3.8, 4) is 10.6 Å². The molecule has 1 saturated heterocycles. The number of anilines is 2. The number of likely N-dealkylation sites (N-methyl/N-ethyl adjacent to an activating group) is 1. The number of benzene rings is 1. The third-order valence-electron chi connectivity index (χ3n) is 5.64. The Kier molecular flexibility index (Phi) is 5.86. The molecule has 0 unspecified atom stereocenters. The van der Waals surface area contributed by atoms with Crippen LogP contribution in [0.15, 0.2) is 48.9 Å². The molecule has 172 valence electrons. The summed E-state index contributed by atoms with van der Waals surface area (Å²) in [6, 6.07) is 9.05. The van der Waals surface area contributed by atoms with Crippen LogP contribution >= 0.6 is 11.3 Å². The van der Waals surface area contributed by atoms with Gasteiger partial charge in [-0.15, -0.1) is 11.3 Å². The Morgan fingerprint density at radius 2 is 1.85 bits per heavy atom. The maximum absolute atomic E-state index is 12.9. The molecule has 1 fully saturated rings. The van der Waals surface area contributed by atoms with Gasteiger partial charge in [-0.25, -0.2) is 19.9 Å². The van der Waals surface area contributed by atoms with Crippen molar-refractivity contribution in [2.75, 3.05) is 43.4 Å². The fourth-order valence-electron chi connectivity index (χ4n) is 3.68. The van der Waals surface area contributed by atoms with Crippen LogP contribution in [0.3, 0.4) is 0 Å². The SMILES string of the molecule is CN1CCN(c2cc(C(=O)Nc3ncc4ccc(-c5ncc(C(N)=O)s5)cc4n3)ccn2)CC1. The molecule has 0 atom stereocenters. The highest BCUT2D eigenvalue weighted by molar-refractivity contribution is 7.16. The number of pyridine rings is 1. The van der Waals surface area contributed by atoms with Crippen molar-refractivity contribution in [2.24, 2.45) is 5.73 Å². The van der Waals surface area contributed by atoms with E-state index in [0.717, 1.165) is 42.9 Å². The van der Waals surface area contributed by atoms with Crippen molar-refractivity contribution in [3.63, 3.8) is 0 Å². The highest BCUT2D eigenvalue weighted by Crippen LogP contribution is 2.27. The minimum absolute atomic E-state index is 0.199. The predicted molar refractivity (Wildman–Crippen MR) is 131 cm³/mol. The van der Waals surface area contributed by atoms with E-state index in [1.54, 1.807) is 24.5 Å². The van der Waals surface area contributed by atoms with E-state index in [2.05, 4.69) is 42.1 Å². The number of carbonyl (C=O) groups is 2. The molecule has 11 heteroatoms. The minimum Gasteiger partial charge on any atom is -0.365 e. The first-order valence-electron chi connectivity index (χ1n) is 10.7. The molecule has 5 rings (SSSR count). The van der Waals surface area contributed by atoms with Crippen LogP contribution in [0.1, 0.15) is 20.0 Å². The summed E-state index contributed by atoms with van der Waals surface area (Å²) in [4.78, 5) is 46.6. The molecule has 34 heavy (non-hydrogen) atoms. The van der Waals surface area contributed by atoms with E-state index in [4.69, 9.17) is 5.73 Å². The number of hydrogen-bond donors (Lipinski definition) is 2. The van der Waals surface area contributed by atoms with Crippen molar-refractivity contribution in [1.82, 2.24) is 24.8 Å². The second kappa shape index (κ2) is 9.12. The van der Waals surface area contributed by atoms with E-state index >= 15 is 0 Å². The second-order valence-electron chi connectivity index (χ2n) is 8.01. The molecule has 1 aliphatic heterocycles. The molecular formula is C23H22N8O2S. The van der Waals surface area contributed by atoms with Crippen LogP contribution in [0, 0.1) is 0 Å². The molecule has 10 nitrogen and oxygen atoms in total. The third kappa shape index (κ3) is 4.56. The molecule has 0 aliphatic carbocycles. The Labute approximate surface area is 199 Å². The number of primary amides is 1. The summed E-state index contributed by atoms with van der Waals surface area (Å²) in [6.45, 7) is 3.64. The monoisotopic (exact) mass is 474 g/mol. The molecular weight excluding hydrogens is 452 g/mol. The van der Waals surface area contributed by atoms with Crippen molar-refractivity contribution >= 4 is 45.8 Å². The van der Waals surface area contributed by atoms with Gasteiger partial charge in [0.05, 0.1) is 11.7 Å². The Balaban J connectivity index is 1.35. The zero-order valence-corrected chi connectivity index (χ0v) is 19.2. The van der Waals surface area contributed by atoms with Crippen LogP contribution in [0.5, 0.6) is 0 Å². The Morgan fingerprint density at radius 3 is 2.62 bits per heavy atom. The van der Waals surface area contributed by atoms with Crippen molar-refractivity contribution in [3.05, 3.63) is 59.4 Å². The number of nitrogens with one attached hydrogen (secondary N) is 1. The molecule has 4 aromatic rings. The molecule has 1 aliphatic rings. The number of nitrogens with zero attached hydrogens (tertiary/aromatic N) is 6. The number of rotatable bonds is 5. The van der Waals surface area contributed by atoms with Gasteiger partial charge in [0.1, 0.15) is 15.7 Å². The highest BCUT2D eigenvalue weighted by Gasteiger charge is 2.17. The van der Waals surface area contributed by atoms with Crippen LogP contribution in [0.25, 0.3) is 21.5 Å². The fourth-order valence-corrected chi connectivity index (χ4v) is 4.44. The van der Waals surface area contributed by atoms with E-state index in [-0.39, 0.29) is 11.9 Å². The van der Waals surface area contributed by atoms with Gasteiger partial charge in [-0.1, -0.05) is 12.1 Å². The largest absolute Gasteiger partial charge is 0.365 e. The molecule has 4 heterocycles. The number of aromatic nitrogens is 4. The van der Waals surface area contributed by atoms with Crippen LogP contribution in [-0.4, -0.2) is 69.9 Å². The number of fused-ring (bicyclic) bond motifs is 1. The summed E-state index contributed by atoms with van der Waals surface area (Å²) in [6.07, 6.45) is 4.76. The highest BCUT2D eigenvalue weighted by atomic mass is 32.1. The third-order valence-corrected chi connectivity index (χ3v) is 6.70. The molecule has 0 spiro atoms. The molecule has 0 saturated carbocycles. The lowest BCUT2D eigenvalue weighted by Crippen LogP contribution is -2.44. The molecule has 3 aromatic heterocycles. The van der Waals surface area contributed by atoms with E-state index < -0.39 is 5.91 Å². The predicted octanol–water partition coefficient (Wildman–Crippen LogP) is 2.25. The van der Waals surface area contributed by atoms with Gasteiger partial charge < -0.3 is 15.5 Å². The van der Waals surface area contributed by atoms with Crippen LogP contribution in [0.4, 0.5) is 11.8 Å². The molecule has 3 N–H and O–H groups in total. The molecule has 1 aromatic carbocycles. The van der Waals surface area contributed by atoms with E-state index in [1.165, 1.54) is 17.5 Å². The number of amides is 2. The summed E-state index contributed by atoms with van der Waals surface area (Å²) in [5.41, 5.74) is 7.26. The van der Waals surface area contributed by atoms with Gasteiger partial charge in [0.2, 0.25) is 5.95 Å². The zero-order valence-electron chi connectivity index (χ0n) is 18.4. The average Bonchev–Trinajstić information content (AvgIpc) is 3.35. The van der Waals surface area contributed by atoms with Gasteiger partial charge >= 0.3 is 0 Å². The molecule has 0 radical (unpaired) electrons. The standard InChI is InChI=1S/C23H22N8O2S/c1-30-6-8-31(9-7-30)19-11-14(4-5-25-19)21(33)29-23-27-12-16-3-2-15(10-17(16)28-23)22-26-13-18(34-22)20(24)32/h2-5,10-13H,6-9H2,1H3,(H2,24,32)(H,27,28,29,33). The minimum atomic E-state index is -0.510. The van der Waals surface area contributed by atoms with Gasteiger partial charge in [0, 0.05) is 55.1 Å². The van der Waals surface area contributed by atoms with E-state index in [0.29, 0.717) is 21.0 Å². The van der Waals surface area contributed by atoms with Crippen molar-refractivity contribution < 1.29 is 9.59 Å². The molecule has 0 bridgehead atoms. The van der Waals surface area contributed by atoms with Crippen LogP contribution in [-0.2, 0) is 0 Å². The van der Waals surface area contributed by atoms with Crippen LogP contribution in [0.2, 0.25) is 0 Å². The Bertz CT molecular complexity index is 1380. The van der Waals surface area contributed by atoms with Crippen molar-refractivity contribution in [1.29, 1.82) is 0 Å². The van der Waals surface area contributed by atoms with Gasteiger partial charge in [-0.2, -0.15) is 0 Å². The number of carbonyl (C=O) groups excluding carboxylic acids is 2. The first-order valence-corrected chi connectivity index (χ1v) is 11.5. The van der Waals surface area contributed by atoms with E-state index in [9.17, 15) is 9.59 Å². The zero-order chi connectivity index (χ0) is 23.7. The average molecular weight is 475 g/mol. The summed E-state index contributed by atoms with van der Waals surface area (Å²) >= 11 is 1.22.